The Morgan fingerprint density at radius 3 is 2.50 bits per heavy atom. The molecule has 0 radical (unpaired) electrons. The Labute approximate surface area is 161 Å². The molecule has 1 saturated heterocycles. The van der Waals surface area contributed by atoms with E-state index in [1.807, 2.05) is 0 Å². The van der Waals surface area contributed by atoms with E-state index >= 15 is 0 Å². The normalized spacial score (nSPS) is 14.9. The van der Waals surface area contributed by atoms with Crippen molar-refractivity contribution in [3.63, 3.8) is 0 Å². The van der Waals surface area contributed by atoms with E-state index in [9.17, 15) is 24.6 Å². The molecule has 1 aliphatic rings. The molecule has 1 aliphatic heterocycles. The molecular weight excluding hydrogens is 371 g/mol. The Bertz CT molecular complexity index is 764. The van der Waals surface area contributed by atoms with Gasteiger partial charge >= 0.3 is 13.1 Å². The number of Topliss-reactive ketones (excluding diaryl/α,β-unsaturated/α-hetero) is 1. The number of nitrogens with zero attached hydrogens (tertiary/aromatic N) is 1. The van der Waals surface area contributed by atoms with Gasteiger partial charge in [0.1, 0.15) is 28.9 Å². The highest BCUT2D eigenvalue weighted by molar-refractivity contribution is 6.41. The second-order valence-corrected chi connectivity index (χ2v) is 6.77. The van der Waals surface area contributed by atoms with Crippen LogP contribution in [-0.4, -0.2) is 75.2 Å². The zero-order chi connectivity index (χ0) is 21.0. The van der Waals surface area contributed by atoms with Crippen molar-refractivity contribution in [3.05, 3.63) is 23.3 Å². The highest BCUT2D eigenvalue weighted by Gasteiger charge is 2.36. The van der Waals surface area contributed by atoms with Crippen LogP contribution in [0.15, 0.2) is 12.1 Å². The number of aromatic carboxylic acids is 1. The first-order chi connectivity index (χ1) is 13.1. The van der Waals surface area contributed by atoms with Crippen LogP contribution in [0.3, 0.4) is 0 Å². The molecule has 152 valence electrons. The number of hydrogen-bond acceptors (Lipinski definition) is 8. The lowest BCUT2D eigenvalue weighted by atomic mass is 9.82. The predicted molar refractivity (Wildman–Crippen MR) is 98.0 cm³/mol. The summed E-state index contributed by atoms with van der Waals surface area (Å²) in [6, 6.07) is 1.91. The number of carbonyl (C=O) groups is 3. The van der Waals surface area contributed by atoms with Crippen LogP contribution in [0.5, 0.6) is 11.5 Å². The standard InChI is InChI=1S/C17H23BN2O8/c1-9(21)6-12(19)16(23)20-7-11(8-20)28-13-3-2-10(4-5-18(26)27)15(22)14(13)17(24)25/h2-3,11-12,22,26-27H,4-8,19H2,1H3,(H,24,25)/t12-/m0/s1. The number of rotatable bonds is 9. The fraction of sp³-hybridized carbons (Fsp3) is 0.471. The van der Waals surface area contributed by atoms with Crippen LogP contribution in [0.25, 0.3) is 0 Å². The molecule has 28 heavy (non-hydrogen) atoms. The van der Waals surface area contributed by atoms with E-state index in [0.29, 0.717) is 0 Å². The number of carboxylic acids is 1. The lowest BCUT2D eigenvalue weighted by Crippen LogP contribution is -2.60. The number of amides is 1. The fourth-order valence-corrected chi connectivity index (χ4v) is 2.91. The monoisotopic (exact) mass is 394 g/mol. The molecule has 1 fully saturated rings. The van der Waals surface area contributed by atoms with Gasteiger partial charge < -0.3 is 35.6 Å². The van der Waals surface area contributed by atoms with Crippen molar-refractivity contribution in [1.29, 1.82) is 0 Å². The highest BCUT2D eigenvalue weighted by Crippen LogP contribution is 2.34. The lowest BCUT2D eigenvalue weighted by Gasteiger charge is -2.40. The van der Waals surface area contributed by atoms with Crippen LogP contribution in [0, 0.1) is 0 Å². The summed E-state index contributed by atoms with van der Waals surface area (Å²) in [4.78, 5) is 36.1. The van der Waals surface area contributed by atoms with Gasteiger partial charge in [0, 0.05) is 6.42 Å². The largest absolute Gasteiger partial charge is 0.507 e. The van der Waals surface area contributed by atoms with Crippen LogP contribution < -0.4 is 10.5 Å². The van der Waals surface area contributed by atoms with Gasteiger partial charge in [-0.05, 0) is 31.3 Å². The van der Waals surface area contributed by atoms with Crippen molar-refractivity contribution >= 4 is 24.8 Å². The third-order valence-corrected chi connectivity index (χ3v) is 4.39. The molecule has 0 unspecified atom stereocenters. The Kier molecular flexibility index (Phi) is 7.00. The van der Waals surface area contributed by atoms with Gasteiger partial charge in [0.15, 0.2) is 0 Å². The van der Waals surface area contributed by atoms with Gasteiger partial charge in [-0.25, -0.2) is 4.79 Å². The average Bonchev–Trinajstić information content (AvgIpc) is 2.55. The number of carboxylic acid groups (broad SMARTS) is 1. The predicted octanol–water partition coefficient (Wildman–Crippen LogP) is -0.998. The third-order valence-electron chi connectivity index (χ3n) is 4.39. The van der Waals surface area contributed by atoms with E-state index in [-0.39, 0.29) is 55.3 Å². The molecule has 1 heterocycles. The van der Waals surface area contributed by atoms with Crippen LogP contribution in [0.1, 0.15) is 29.3 Å². The zero-order valence-electron chi connectivity index (χ0n) is 15.4. The van der Waals surface area contributed by atoms with Crippen molar-refractivity contribution < 1.29 is 39.4 Å². The second-order valence-electron chi connectivity index (χ2n) is 6.77. The molecule has 1 aromatic rings. The Balaban J connectivity index is 2.03. The Morgan fingerprint density at radius 1 is 1.32 bits per heavy atom. The van der Waals surface area contributed by atoms with Crippen molar-refractivity contribution in [3.8, 4) is 11.5 Å². The molecule has 0 aliphatic carbocycles. The summed E-state index contributed by atoms with van der Waals surface area (Å²) in [5, 5.41) is 37.5. The molecule has 0 bridgehead atoms. The molecule has 10 nitrogen and oxygen atoms in total. The minimum absolute atomic E-state index is 0.0524. The molecule has 0 spiro atoms. The number of nitrogens with two attached hydrogens (primary N) is 1. The summed E-state index contributed by atoms with van der Waals surface area (Å²) in [6.07, 6.45) is -0.519. The number of benzene rings is 1. The summed E-state index contributed by atoms with van der Waals surface area (Å²) < 4.78 is 5.60. The minimum Gasteiger partial charge on any atom is -0.507 e. The number of hydrogen-bond donors (Lipinski definition) is 5. The van der Waals surface area contributed by atoms with Crippen molar-refractivity contribution in [1.82, 2.24) is 4.90 Å². The molecule has 0 aromatic heterocycles. The zero-order valence-corrected chi connectivity index (χ0v) is 15.4. The third kappa shape index (κ3) is 5.21. The van der Waals surface area contributed by atoms with Crippen LogP contribution in [-0.2, 0) is 16.0 Å². The molecule has 1 atom stereocenters. The first-order valence-electron chi connectivity index (χ1n) is 8.74. The van der Waals surface area contributed by atoms with E-state index in [4.69, 9.17) is 20.5 Å². The van der Waals surface area contributed by atoms with Crippen LogP contribution >= 0.6 is 0 Å². The molecule has 2 rings (SSSR count). The summed E-state index contributed by atoms with van der Waals surface area (Å²) in [6.45, 7) is 1.71. The summed E-state index contributed by atoms with van der Waals surface area (Å²) in [5.41, 5.74) is 5.50. The summed E-state index contributed by atoms with van der Waals surface area (Å²) >= 11 is 0. The van der Waals surface area contributed by atoms with E-state index in [0.717, 1.165) is 0 Å². The molecule has 1 aromatic carbocycles. The minimum atomic E-state index is -1.57. The average molecular weight is 394 g/mol. The molecular formula is C17H23BN2O8. The number of phenols is 1. The molecule has 1 amide bonds. The maximum absolute atomic E-state index is 12.1. The van der Waals surface area contributed by atoms with E-state index < -0.39 is 36.5 Å². The van der Waals surface area contributed by atoms with Crippen LogP contribution in [0.2, 0.25) is 6.32 Å². The Hall–Kier alpha value is -2.63. The topological polar surface area (TPSA) is 171 Å². The SMILES string of the molecule is CC(=O)C[C@H](N)C(=O)N1CC(Oc2ccc(CCB(O)O)c(O)c2C(=O)O)C1. The lowest BCUT2D eigenvalue weighted by molar-refractivity contribution is -0.142. The number of aromatic hydroxyl groups is 1. The van der Waals surface area contributed by atoms with Crippen molar-refractivity contribution in [2.75, 3.05) is 13.1 Å². The van der Waals surface area contributed by atoms with E-state index in [1.165, 1.54) is 24.0 Å². The van der Waals surface area contributed by atoms with Crippen molar-refractivity contribution in [2.24, 2.45) is 5.73 Å². The fourth-order valence-electron chi connectivity index (χ4n) is 2.91. The molecule has 6 N–H and O–H groups in total. The molecule has 0 saturated carbocycles. The van der Waals surface area contributed by atoms with E-state index in [2.05, 4.69) is 0 Å². The first-order valence-corrected chi connectivity index (χ1v) is 8.74. The van der Waals surface area contributed by atoms with Crippen LogP contribution in [0.4, 0.5) is 0 Å². The van der Waals surface area contributed by atoms with Gasteiger partial charge in [0.2, 0.25) is 5.91 Å². The van der Waals surface area contributed by atoms with Gasteiger partial charge in [-0.2, -0.15) is 0 Å². The quantitative estimate of drug-likeness (QED) is 0.330. The van der Waals surface area contributed by atoms with Gasteiger partial charge in [-0.1, -0.05) is 6.07 Å². The second kappa shape index (κ2) is 9.04. The maximum Gasteiger partial charge on any atom is 0.451 e. The van der Waals surface area contributed by atoms with Gasteiger partial charge in [0.05, 0.1) is 19.1 Å². The Morgan fingerprint density at radius 2 is 1.96 bits per heavy atom. The number of likely N-dealkylation sites (tertiary alicyclic amines) is 1. The first kappa shape index (κ1) is 21.7. The summed E-state index contributed by atoms with van der Waals surface area (Å²) in [5.74, 6) is -2.52. The summed E-state index contributed by atoms with van der Waals surface area (Å²) in [7, 11) is -1.57. The number of aryl methyl sites for hydroxylation is 1. The maximum atomic E-state index is 12.1. The van der Waals surface area contributed by atoms with Gasteiger partial charge in [-0.15, -0.1) is 0 Å². The number of ketones is 1. The smallest absolute Gasteiger partial charge is 0.451 e. The van der Waals surface area contributed by atoms with E-state index in [1.54, 1.807) is 0 Å². The van der Waals surface area contributed by atoms with Gasteiger partial charge in [0.25, 0.3) is 0 Å². The highest BCUT2D eigenvalue weighted by atomic mass is 16.5. The van der Waals surface area contributed by atoms with Gasteiger partial charge in [-0.3, -0.25) is 9.59 Å². The number of carbonyl (C=O) groups excluding carboxylic acids is 2. The van der Waals surface area contributed by atoms with Crippen molar-refractivity contribution in [2.45, 2.75) is 38.2 Å². The molecule has 11 heteroatoms. The number of ether oxygens (including phenoxy) is 1.